The predicted molar refractivity (Wildman–Crippen MR) is 197 cm³/mol. The van der Waals surface area contributed by atoms with E-state index in [0.717, 1.165) is 30.6 Å². The van der Waals surface area contributed by atoms with Gasteiger partial charge < -0.3 is 14.2 Å². The van der Waals surface area contributed by atoms with Gasteiger partial charge in [-0.2, -0.15) is 5.10 Å². The SMILES string of the molecule is CC(C(=O)[C@H](C)N1CCOCC1)c1cc2c(nc(-c3[nH][n+](COCC[Si](C)(C)C)c4c3C[C@@H]3C[C@]3(C)C4)n2COCC[Si](C)(C)C)c(F)c1F. The third-order valence-corrected chi connectivity index (χ3v) is 14.7. The molecule has 1 N–H and O–H groups in total. The molecule has 9 nitrogen and oxygen atoms in total. The molecule has 2 fully saturated rings. The average Bonchev–Trinajstić information content (AvgIpc) is 3.42. The summed E-state index contributed by atoms with van der Waals surface area (Å²) in [5.74, 6) is -1.95. The fourth-order valence-electron chi connectivity index (χ4n) is 7.54. The van der Waals surface area contributed by atoms with Gasteiger partial charge >= 0.3 is 0 Å². The summed E-state index contributed by atoms with van der Waals surface area (Å²) in [5, 5.41) is 3.61. The van der Waals surface area contributed by atoms with Gasteiger partial charge in [0, 0.05) is 53.7 Å². The molecule has 276 valence electrons. The third kappa shape index (κ3) is 7.87. The van der Waals surface area contributed by atoms with E-state index < -0.39 is 39.7 Å². The number of hydrogen-bond donors (Lipinski definition) is 1. The zero-order chi connectivity index (χ0) is 36.2. The Balaban J connectivity index is 1.40. The quantitative estimate of drug-likeness (QED) is 0.106. The number of morpholine rings is 1. The van der Waals surface area contributed by atoms with Crippen molar-refractivity contribution in [3.05, 3.63) is 34.5 Å². The maximum absolute atomic E-state index is 16.2. The molecule has 3 aliphatic rings. The zero-order valence-electron chi connectivity index (χ0n) is 31.7. The van der Waals surface area contributed by atoms with Crippen LogP contribution in [-0.4, -0.2) is 87.0 Å². The van der Waals surface area contributed by atoms with E-state index in [1.165, 1.54) is 17.7 Å². The van der Waals surface area contributed by atoms with Crippen LogP contribution in [0.1, 0.15) is 49.9 Å². The van der Waals surface area contributed by atoms with Crippen LogP contribution in [0.3, 0.4) is 0 Å². The zero-order valence-corrected chi connectivity index (χ0v) is 33.7. The maximum Gasteiger partial charge on any atom is 0.276 e. The van der Waals surface area contributed by atoms with Crippen LogP contribution in [0.5, 0.6) is 0 Å². The van der Waals surface area contributed by atoms with Gasteiger partial charge in [0.2, 0.25) is 5.69 Å². The second-order valence-corrected chi connectivity index (χ2v) is 29.0. The molecule has 3 heterocycles. The minimum atomic E-state index is -1.37. The normalized spacial score (nSPS) is 22.4. The highest BCUT2D eigenvalue weighted by Gasteiger charge is 2.56. The molecule has 1 saturated carbocycles. The van der Waals surface area contributed by atoms with E-state index in [0.29, 0.717) is 63.5 Å². The number of hydrogen-bond acceptors (Lipinski definition) is 6. The topological polar surface area (TPSA) is 85.5 Å². The lowest BCUT2D eigenvalue weighted by Crippen LogP contribution is -2.47. The number of ketones is 1. The molecule has 1 saturated heterocycles. The van der Waals surface area contributed by atoms with Crippen molar-refractivity contribution >= 4 is 33.0 Å². The van der Waals surface area contributed by atoms with Gasteiger partial charge in [-0.15, -0.1) is 0 Å². The Bertz CT molecular complexity index is 1730. The monoisotopic (exact) mass is 730 g/mol. The highest BCUT2D eigenvalue weighted by molar-refractivity contribution is 6.76. The Hall–Kier alpha value is -2.30. The molecule has 1 unspecified atom stereocenters. The number of H-pyrrole nitrogens is 1. The number of nitrogens with zero attached hydrogens (tertiary/aromatic N) is 4. The molecule has 3 aromatic rings. The van der Waals surface area contributed by atoms with Crippen LogP contribution >= 0.6 is 0 Å². The number of carbonyl (C=O) groups excluding carboxylic acids is 1. The second-order valence-electron chi connectivity index (χ2n) is 17.7. The third-order valence-electron chi connectivity index (χ3n) is 11.3. The van der Waals surface area contributed by atoms with E-state index in [2.05, 4.69) is 56.0 Å². The van der Waals surface area contributed by atoms with Crippen LogP contribution in [-0.2, 0) is 45.3 Å². The van der Waals surface area contributed by atoms with Crippen molar-refractivity contribution in [2.24, 2.45) is 11.3 Å². The first-order valence-corrected chi connectivity index (χ1v) is 25.9. The number of nitrogens with one attached hydrogen (secondary N) is 1. The van der Waals surface area contributed by atoms with E-state index in [1.807, 2.05) is 16.4 Å². The van der Waals surface area contributed by atoms with Crippen LogP contribution in [0.15, 0.2) is 6.07 Å². The first kappa shape index (κ1) is 37.5. The number of Topliss-reactive ketones (excluding diaryl/α,β-unsaturated/α-hetero) is 1. The van der Waals surface area contributed by atoms with Gasteiger partial charge in [0.05, 0.1) is 36.9 Å². The molecule has 4 atom stereocenters. The van der Waals surface area contributed by atoms with Crippen molar-refractivity contribution in [2.45, 2.75) is 117 Å². The van der Waals surface area contributed by atoms with Gasteiger partial charge in [-0.1, -0.05) is 57.8 Å². The fourth-order valence-corrected chi connectivity index (χ4v) is 9.06. The molecule has 2 aromatic heterocycles. The number of fused-ring (bicyclic) bond motifs is 3. The van der Waals surface area contributed by atoms with Crippen molar-refractivity contribution in [1.82, 2.24) is 19.5 Å². The van der Waals surface area contributed by atoms with Crippen molar-refractivity contribution in [3.8, 4) is 11.5 Å². The molecule has 50 heavy (non-hydrogen) atoms. The van der Waals surface area contributed by atoms with Gasteiger partial charge in [0.25, 0.3) is 6.73 Å². The number of aromatic nitrogens is 4. The van der Waals surface area contributed by atoms with Crippen LogP contribution < -0.4 is 4.68 Å². The summed E-state index contributed by atoms with van der Waals surface area (Å²) < 4.78 is 54.1. The van der Waals surface area contributed by atoms with E-state index in [4.69, 9.17) is 19.2 Å². The second kappa shape index (κ2) is 14.3. The van der Waals surface area contributed by atoms with Crippen molar-refractivity contribution in [1.29, 1.82) is 0 Å². The number of carbonyl (C=O) groups is 1. The Morgan fingerprint density at radius 3 is 2.40 bits per heavy atom. The summed E-state index contributed by atoms with van der Waals surface area (Å²) in [6.45, 7) is 24.0. The average molecular weight is 731 g/mol. The molecule has 0 amide bonds. The Morgan fingerprint density at radius 1 is 1.08 bits per heavy atom. The van der Waals surface area contributed by atoms with E-state index in [9.17, 15) is 4.79 Å². The maximum atomic E-state index is 16.2. The first-order chi connectivity index (χ1) is 23.5. The van der Waals surface area contributed by atoms with Crippen LogP contribution in [0, 0.1) is 23.0 Å². The molecule has 0 radical (unpaired) electrons. The molecular formula is C37H58F2N5O4Si2+. The fraction of sp³-hybridized carbons (Fsp3) is 0.703. The number of imidazole rings is 1. The molecule has 1 aromatic carbocycles. The number of ether oxygens (including phenoxy) is 3. The summed E-state index contributed by atoms with van der Waals surface area (Å²) in [4.78, 5) is 20.6. The lowest BCUT2D eigenvalue weighted by atomic mass is 9.87. The van der Waals surface area contributed by atoms with Gasteiger partial charge in [0.15, 0.2) is 23.2 Å². The van der Waals surface area contributed by atoms with Gasteiger partial charge in [-0.05, 0) is 49.3 Å². The Kier molecular flexibility index (Phi) is 10.7. The van der Waals surface area contributed by atoms with Gasteiger partial charge in [-0.25, -0.2) is 13.8 Å². The first-order valence-electron chi connectivity index (χ1n) is 18.5. The molecule has 6 rings (SSSR count). The Morgan fingerprint density at radius 2 is 1.74 bits per heavy atom. The standard InChI is InChI=1S/C37H57F2N5O4Si2/c1-24(35(45)25(2)42-10-12-46-13-11-42)27-19-29-34(32(39)31(27)38)40-36(43(29)22-47-14-16-49(4,5)6)33-28-18-26-20-37(26,3)21-30(28)44(41-33)23-48-15-17-50(7,8)9/h19,24-26H,10-18,20-23H2,1-9H3/p+1/t24?,25-,26+,37+/m0/s1. The largest absolute Gasteiger partial charge is 0.379 e. The van der Waals surface area contributed by atoms with Gasteiger partial charge in [-0.3, -0.25) is 14.3 Å². The van der Waals surface area contributed by atoms with Crippen molar-refractivity contribution in [3.63, 3.8) is 0 Å². The summed E-state index contributed by atoms with van der Waals surface area (Å²) >= 11 is 0. The smallest absolute Gasteiger partial charge is 0.276 e. The molecule has 0 bridgehead atoms. The Labute approximate surface area is 298 Å². The van der Waals surface area contributed by atoms with Crippen molar-refractivity contribution < 1.29 is 32.5 Å². The minimum absolute atomic E-state index is 0.0445. The summed E-state index contributed by atoms with van der Waals surface area (Å²) in [5.41, 5.74) is 3.87. The van der Waals surface area contributed by atoms with Gasteiger partial charge in [0.1, 0.15) is 17.9 Å². The van der Waals surface area contributed by atoms with Crippen LogP contribution in [0.4, 0.5) is 8.78 Å². The number of rotatable bonds is 15. The lowest BCUT2D eigenvalue weighted by molar-refractivity contribution is -0.787. The molecule has 1 aliphatic heterocycles. The van der Waals surface area contributed by atoms with E-state index >= 15 is 8.78 Å². The van der Waals surface area contributed by atoms with Crippen LogP contribution in [0.2, 0.25) is 51.4 Å². The number of aromatic amines is 1. The van der Waals surface area contributed by atoms with E-state index in [1.54, 1.807) is 13.0 Å². The molecule has 13 heteroatoms. The predicted octanol–water partition coefficient (Wildman–Crippen LogP) is 6.74. The molecule has 2 aliphatic carbocycles. The molecule has 0 spiro atoms. The van der Waals surface area contributed by atoms with E-state index in [-0.39, 0.29) is 29.0 Å². The lowest BCUT2D eigenvalue weighted by Gasteiger charge is -2.32. The summed E-state index contributed by atoms with van der Waals surface area (Å²) in [6.07, 6.45) is 3.00. The summed E-state index contributed by atoms with van der Waals surface area (Å²) in [6, 6.07) is 3.23. The molecular weight excluding hydrogens is 673 g/mol. The highest BCUT2D eigenvalue weighted by Crippen LogP contribution is 2.59. The highest BCUT2D eigenvalue weighted by atomic mass is 28.3. The number of halogens is 2. The van der Waals surface area contributed by atoms with Crippen LogP contribution in [0.25, 0.3) is 22.6 Å². The minimum Gasteiger partial charge on any atom is -0.379 e. The summed E-state index contributed by atoms with van der Waals surface area (Å²) in [7, 11) is -2.62. The van der Waals surface area contributed by atoms with Crippen molar-refractivity contribution in [2.75, 3.05) is 39.5 Å². The number of benzene rings is 1.